The van der Waals surface area contributed by atoms with Gasteiger partial charge in [-0.1, -0.05) is 109 Å². The van der Waals surface area contributed by atoms with Crippen molar-refractivity contribution in [2.75, 3.05) is 0 Å². The Bertz CT molecular complexity index is 3170. The lowest BCUT2D eigenvalue weighted by Gasteiger charge is -2.16. The average molecular weight is 707 g/mol. The molecule has 0 saturated heterocycles. The molecule has 0 aliphatic heterocycles. The number of hydrogen-bond acceptors (Lipinski definition) is 4. The molecule has 5 heteroatoms. The van der Waals surface area contributed by atoms with Gasteiger partial charge in [-0.3, -0.25) is 4.98 Å². The lowest BCUT2D eigenvalue weighted by molar-refractivity contribution is 1.16. The second-order valence-electron chi connectivity index (χ2n) is 13.7. The lowest BCUT2D eigenvalue weighted by Crippen LogP contribution is -1.99. The molecular weight excluding hydrogens is 677 g/mol. The van der Waals surface area contributed by atoms with E-state index in [0.29, 0.717) is 5.82 Å². The van der Waals surface area contributed by atoms with Crippen LogP contribution in [0.4, 0.5) is 0 Å². The summed E-state index contributed by atoms with van der Waals surface area (Å²) in [5, 5.41) is 6.07. The van der Waals surface area contributed by atoms with E-state index in [1.165, 1.54) is 30.9 Å². The zero-order valence-electron chi connectivity index (χ0n) is 29.0. The van der Waals surface area contributed by atoms with Crippen molar-refractivity contribution in [3.8, 4) is 50.7 Å². The maximum absolute atomic E-state index is 5.32. The van der Waals surface area contributed by atoms with E-state index in [4.69, 9.17) is 15.0 Å². The van der Waals surface area contributed by atoms with Crippen LogP contribution in [0.3, 0.4) is 0 Å². The minimum Gasteiger partial charge on any atom is -0.309 e. The van der Waals surface area contributed by atoms with Crippen LogP contribution in [0.1, 0.15) is 0 Å². The fourth-order valence-corrected chi connectivity index (χ4v) is 9.03. The highest BCUT2D eigenvalue weighted by Crippen LogP contribution is 2.40. The molecule has 0 fully saturated rings. The number of thiophene rings is 1. The molecule has 11 aromatic rings. The van der Waals surface area contributed by atoms with E-state index in [0.717, 1.165) is 66.8 Å². The third kappa shape index (κ3) is 5.01. The van der Waals surface area contributed by atoms with Crippen LogP contribution in [0.5, 0.6) is 0 Å². The van der Waals surface area contributed by atoms with Crippen LogP contribution in [0, 0.1) is 0 Å². The lowest BCUT2D eigenvalue weighted by atomic mass is 9.96. The summed E-state index contributed by atoms with van der Waals surface area (Å²) in [6.45, 7) is 0. The van der Waals surface area contributed by atoms with Gasteiger partial charge in [0.2, 0.25) is 0 Å². The smallest absolute Gasteiger partial charge is 0.160 e. The molecule has 0 aliphatic rings. The molecule has 0 N–H and O–H groups in total. The monoisotopic (exact) mass is 706 g/mol. The van der Waals surface area contributed by atoms with E-state index in [1.54, 1.807) is 0 Å². The molecule has 0 unspecified atom stereocenters. The number of pyridine rings is 1. The first-order valence-electron chi connectivity index (χ1n) is 18.1. The first-order chi connectivity index (χ1) is 26.7. The second-order valence-corrected chi connectivity index (χ2v) is 14.7. The Morgan fingerprint density at radius 3 is 1.89 bits per heavy atom. The molecule has 0 radical (unpaired) electrons. The summed E-state index contributed by atoms with van der Waals surface area (Å²) < 4.78 is 4.94. The van der Waals surface area contributed by atoms with Crippen molar-refractivity contribution in [2.45, 2.75) is 0 Å². The van der Waals surface area contributed by atoms with Crippen LogP contribution in [-0.4, -0.2) is 19.5 Å². The van der Waals surface area contributed by atoms with E-state index in [2.05, 4.69) is 156 Å². The van der Waals surface area contributed by atoms with Gasteiger partial charge in [-0.15, -0.1) is 11.3 Å². The highest BCUT2D eigenvalue weighted by molar-refractivity contribution is 7.25. The molecule has 11 rings (SSSR count). The Morgan fingerprint density at radius 2 is 1.07 bits per heavy atom. The molecule has 0 atom stereocenters. The topological polar surface area (TPSA) is 43.6 Å². The van der Waals surface area contributed by atoms with Gasteiger partial charge < -0.3 is 4.57 Å². The summed E-state index contributed by atoms with van der Waals surface area (Å²) >= 11 is 1.83. The summed E-state index contributed by atoms with van der Waals surface area (Å²) in [5.74, 6) is 0.691. The Balaban J connectivity index is 1.19. The fourth-order valence-electron chi connectivity index (χ4n) is 7.94. The maximum Gasteiger partial charge on any atom is 0.160 e. The minimum atomic E-state index is 0.691. The van der Waals surface area contributed by atoms with Gasteiger partial charge >= 0.3 is 0 Å². The van der Waals surface area contributed by atoms with Crippen molar-refractivity contribution < 1.29 is 0 Å². The minimum absolute atomic E-state index is 0.691. The van der Waals surface area contributed by atoms with Crippen molar-refractivity contribution >= 4 is 64.2 Å². The van der Waals surface area contributed by atoms with Gasteiger partial charge in [0.25, 0.3) is 0 Å². The summed E-state index contributed by atoms with van der Waals surface area (Å²) in [7, 11) is 0. The zero-order chi connectivity index (χ0) is 35.6. The summed E-state index contributed by atoms with van der Waals surface area (Å²) in [6.07, 6.45) is 1.86. The molecule has 0 bridgehead atoms. The first-order valence-corrected chi connectivity index (χ1v) is 18.9. The third-order valence-electron chi connectivity index (χ3n) is 10.4. The summed E-state index contributed by atoms with van der Waals surface area (Å²) in [5.41, 5.74) is 11.3. The van der Waals surface area contributed by atoms with Crippen molar-refractivity contribution in [3.63, 3.8) is 0 Å². The van der Waals surface area contributed by atoms with Crippen molar-refractivity contribution in [3.05, 3.63) is 182 Å². The van der Waals surface area contributed by atoms with E-state index in [9.17, 15) is 0 Å². The van der Waals surface area contributed by atoms with Crippen LogP contribution in [-0.2, 0) is 0 Å². The quantitative estimate of drug-likeness (QED) is 0.179. The first kappa shape index (κ1) is 30.7. The summed E-state index contributed by atoms with van der Waals surface area (Å²) in [4.78, 5) is 15.2. The molecule has 4 heterocycles. The number of nitrogens with zero attached hydrogens (tertiary/aromatic N) is 4. The molecule has 0 aliphatic carbocycles. The van der Waals surface area contributed by atoms with Crippen LogP contribution < -0.4 is 0 Å². The van der Waals surface area contributed by atoms with Gasteiger partial charge in [0.1, 0.15) is 0 Å². The van der Waals surface area contributed by atoms with E-state index < -0.39 is 0 Å². The Labute approximate surface area is 315 Å². The van der Waals surface area contributed by atoms with Crippen LogP contribution in [0.15, 0.2) is 182 Å². The predicted octanol–water partition coefficient (Wildman–Crippen LogP) is 13.2. The van der Waals surface area contributed by atoms with Crippen LogP contribution >= 0.6 is 11.3 Å². The van der Waals surface area contributed by atoms with Crippen molar-refractivity contribution in [1.82, 2.24) is 19.5 Å². The fraction of sp³-hybridized carbons (Fsp3) is 0. The molecule has 0 saturated carbocycles. The van der Waals surface area contributed by atoms with Gasteiger partial charge in [-0.05, 0) is 77.9 Å². The Kier molecular flexibility index (Phi) is 7.00. The van der Waals surface area contributed by atoms with Crippen molar-refractivity contribution in [2.24, 2.45) is 0 Å². The van der Waals surface area contributed by atoms with Gasteiger partial charge in [-0.2, -0.15) is 0 Å². The number of rotatable bonds is 5. The molecule has 54 heavy (non-hydrogen) atoms. The SMILES string of the molecule is c1ccc(-c2nc(-c3cc(-c4cccc5ncccc45)cc(-n4c5ccccc5c5ccccc54)c3)cc(-c3ccc4sc5ccccc5c4c3)n2)cc1. The zero-order valence-corrected chi connectivity index (χ0v) is 29.8. The van der Waals surface area contributed by atoms with Gasteiger partial charge in [0.05, 0.1) is 27.9 Å². The van der Waals surface area contributed by atoms with Crippen LogP contribution in [0.25, 0.3) is 104 Å². The second kappa shape index (κ2) is 12.3. The van der Waals surface area contributed by atoms with Crippen molar-refractivity contribution in [1.29, 1.82) is 0 Å². The standard InChI is InChI=1S/C49H30N4S/c1-2-12-31(13-3-1)49-51-43(32-23-24-48-41(29-32)40-16-6-9-22-47(40)54-48)30-44(52-49)34-26-33(36-17-10-19-42-37(36)18-11-25-50-42)27-35(28-34)53-45-20-7-4-14-38(45)39-15-5-8-21-46(39)53/h1-30H. The van der Waals surface area contributed by atoms with E-state index in [-0.39, 0.29) is 0 Å². The van der Waals surface area contributed by atoms with Gasteiger partial charge in [0.15, 0.2) is 5.82 Å². The normalized spacial score (nSPS) is 11.7. The highest BCUT2D eigenvalue weighted by atomic mass is 32.1. The number of fused-ring (bicyclic) bond motifs is 7. The van der Waals surface area contributed by atoms with Crippen LogP contribution in [0.2, 0.25) is 0 Å². The highest BCUT2D eigenvalue weighted by Gasteiger charge is 2.18. The largest absolute Gasteiger partial charge is 0.309 e. The maximum atomic E-state index is 5.32. The molecule has 0 amide bonds. The predicted molar refractivity (Wildman–Crippen MR) is 226 cm³/mol. The van der Waals surface area contributed by atoms with Gasteiger partial charge in [0, 0.05) is 64.9 Å². The molecule has 7 aromatic carbocycles. The third-order valence-corrected chi connectivity index (χ3v) is 11.6. The number of hydrogen-bond donors (Lipinski definition) is 0. The average Bonchev–Trinajstić information content (AvgIpc) is 3.79. The molecular formula is C49H30N4S. The number of para-hydroxylation sites is 2. The van der Waals surface area contributed by atoms with Gasteiger partial charge in [-0.25, -0.2) is 9.97 Å². The van der Waals surface area contributed by atoms with E-state index in [1.807, 2.05) is 41.8 Å². The molecule has 4 aromatic heterocycles. The Hall–Kier alpha value is -6.95. The number of benzene rings is 7. The summed E-state index contributed by atoms with van der Waals surface area (Å²) in [6, 6.07) is 62.5. The van der Waals surface area contributed by atoms with E-state index >= 15 is 0 Å². The molecule has 252 valence electrons. The molecule has 0 spiro atoms. The molecule has 4 nitrogen and oxygen atoms in total. The number of aromatic nitrogens is 4. The Morgan fingerprint density at radius 1 is 0.407 bits per heavy atom.